The van der Waals surface area contributed by atoms with Crippen LogP contribution in [0.1, 0.15) is 57.3 Å². The maximum Gasteiger partial charge on any atom is 0.320 e. The van der Waals surface area contributed by atoms with Gasteiger partial charge in [-0.25, -0.2) is 0 Å². The largest absolute Gasteiger partial charge is 0.480 e. The molecule has 4 unspecified atom stereocenters. The van der Waals surface area contributed by atoms with Crippen molar-refractivity contribution >= 4 is 21.9 Å². The number of hydrogen-bond acceptors (Lipinski definition) is 3. The highest BCUT2D eigenvalue weighted by atomic mass is 79.9. The Hall–Kier alpha value is -0.810. The lowest BCUT2D eigenvalue weighted by atomic mass is 9.75. The summed E-state index contributed by atoms with van der Waals surface area (Å²) in [5.41, 5.74) is 0. The smallest absolute Gasteiger partial charge is 0.320 e. The third kappa shape index (κ3) is 2.90. The van der Waals surface area contributed by atoms with Crippen molar-refractivity contribution in [1.29, 1.82) is 0 Å². The number of nitrogens with zero attached hydrogens (tertiary/aromatic N) is 1. The van der Waals surface area contributed by atoms with Crippen LogP contribution in [0.25, 0.3) is 0 Å². The highest BCUT2D eigenvalue weighted by Crippen LogP contribution is 2.42. The Labute approximate surface area is 133 Å². The normalized spacial score (nSPS) is 31.6. The quantitative estimate of drug-likeness (QED) is 0.882. The summed E-state index contributed by atoms with van der Waals surface area (Å²) in [4.78, 5) is 13.9. The van der Waals surface area contributed by atoms with Crippen molar-refractivity contribution in [2.45, 2.75) is 63.6 Å². The number of halogens is 1. The fraction of sp³-hybridized carbons (Fsp3) is 0.688. The Morgan fingerprint density at radius 3 is 2.76 bits per heavy atom. The molecule has 1 aromatic heterocycles. The molecule has 1 aliphatic heterocycles. The van der Waals surface area contributed by atoms with Crippen LogP contribution in [0.2, 0.25) is 0 Å². The third-order valence-electron chi connectivity index (χ3n) is 5.16. The molecule has 2 heterocycles. The molecule has 3 rings (SSSR count). The lowest BCUT2D eigenvalue weighted by Gasteiger charge is -2.49. The molecule has 1 saturated heterocycles. The van der Waals surface area contributed by atoms with E-state index < -0.39 is 5.97 Å². The number of carbonyl (C=O) groups is 1. The molecule has 2 fully saturated rings. The van der Waals surface area contributed by atoms with Gasteiger partial charge in [0.2, 0.25) is 0 Å². The van der Waals surface area contributed by atoms with Crippen molar-refractivity contribution in [2.24, 2.45) is 5.92 Å². The molecule has 21 heavy (non-hydrogen) atoms. The van der Waals surface area contributed by atoms with Crippen LogP contribution in [0.3, 0.4) is 0 Å². The van der Waals surface area contributed by atoms with Crippen LogP contribution in [0.4, 0.5) is 0 Å². The van der Waals surface area contributed by atoms with Crippen molar-refractivity contribution in [3.05, 3.63) is 22.6 Å². The molecule has 1 aromatic rings. The molecule has 4 nitrogen and oxygen atoms in total. The maximum atomic E-state index is 11.7. The third-order valence-corrected chi connectivity index (χ3v) is 5.59. The van der Waals surface area contributed by atoms with E-state index in [1.54, 1.807) is 0 Å². The number of likely N-dealkylation sites (tertiary alicyclic amines) is 1. The van der Waals surface area contributed by atoms with Crippen LogP contribution in [0.5, 0.6) is 0 Å². The summed E-state index contributed by atoms with van der Waals surface area (Å²) in [5.74, 6) is 0.797. The highest BCUT2D eigenvalue weighted by molar-refractivity contribution is 9.10. The molecule has 0 aromatic carbocycles. The van der Waals surface area contributed by atoms with Gasteiger partial charge in [-0.3, -0.25) is 9.69 Å². The molecule has 116 valence electrons. The first-order valence-corrected chi connectivity index (χ1v) is 8.62. The highest BCUT2D eigenvalue weighted by Gasteiger charge is 2.44. The SMILES string of the molecule is CC(c1ccc(Br)o1)N1C(C(=O)O)CCC2CCCCC21. The average Bonchev–Trinajstić information content (AvgIpc) is 2.91. The van der Waals surface area contributed by atoms with E-state index in [4.69, 9.17) is 4.42 Å². The molecule has 1 aliphatic carbocycles. The molecular weight excluding hydrogens is 334 g/mol. The molecule has 1 N–H and O–H groups in total. The Bertz CT molecular complexity index is 515. The van der Waals surface area contributed by atoms with Gasteiger partial charge in [0.1, 0.15) is 11.8 Å². The van der Waals surface area contributed by atoms with Gasteiger partial charge in [-0.05, 0) is 66.6 Å². The minimum absolute atomic E-state index is 0.00306. The van der Waals surface area contributed by atoms with Crippen molar-refractivity contribution < 1.29 is 14.3 Å². The number of carboxylic acid groups (broad SMARTS) is 1. The Balaban J connectivity index is 1.90. The zero-order valence-electron chi connectivity index (χ0n) is 12.3. The summed E-state index contributed by atoms with van der Waals surface area (Å²) < 4.78 is 6.39. The monoisotopic (exact) mass is 355 g/mol. The predicted molar refractivity (Wildman–Crippen MR) is 83.1 cm³/mol. The molecule has 4 atom stereocenters. The molecule has 0 bridgehead atoms. The van der Waals surface area contributed by atoms with E-state index in [0.29, 0.717) is 16.6 Å². The van der Waals surface area contributed by atoms with Gasteiger partial charge in [-0.15, -0.1) is 0 Å². The van der Waals surface area contributed by atoms with Crippen molar-refractivity contribution in [3.63, 3.8) is 0 Å². The molecular formula is C16H22BrNO3. The fourth-order valence-electron chi connectivity index (χ4n) is 4.18. The van der Waals surface area contributed by atoms with Crippen LogP contribution < -0.4 is 0 Å². The van der Waals surface area contributed by atoms with Crippen LogP contribution in [0.15, 0.2) is 21.2 Å². The van der Waals surface area contributed by atoms with Gasteiger partial charge < -0.3 is 9.52 Å². The summed E-state index contributed by atoms with van der Waals surface area (Å²) >= 11 is 3.34. The lowest BCUT2D eigenvalue weighted by Crippen LogP contribution is -2.55. The van der Waals surface area contributed by atoms with Crippen molar-refractivity contribution in [3.8, 4) is 0 Å². The van der Waals surface area contributed by atoms with Gasteiger partial charge in [-0.2, -0.15) is 0 Å². The second-order valence-electron chi connectivity index (χ2n) is 6.31. The zero-order valence-corrected chi connectivity index (χ0v) is 13.9. The van der Waals surface area contributed by atoms with Crippen LogP contribution in [0, 0.1) is 5.92 Å². The van der Waals surface area contributed by atoms with Gasteiger partial charge in [0.05, 0.1) is 6.04 Å². The molecule has 0 radical (unpaired) electrons. The van der Waals surface area contributed by atoms with Crippen LogP contribution in [-0.2, 0) is 4.79 Å². The molecule has 5 heteroatoms. The molecule has 1 saturated carbocycles. The number of aliphatic carboxylic acids is 1. The molecule has 0 amide bonds. The number of rotatable bonds is 3. The number of fused-ring (bicyclic) bond motifs is 1. The van der Waals surface area contributed by atoms with Crippen molar-refractivity contribution in [1.82, 2.24) is 4.90 Å². The first-order valence-electron chi connectivity index (χ1n) is 7.83. The average molecular weight is 356 g/mol. The van der Waals surface area contributed by atoms with E-state index in [0.717, 1.165) is 25.0 Å². The van der Waals surface area contributed by atoms with Crippen molar-refractivity contribution in [2.75, 3.05) is 0 Å². The van der Waals surface area contributed by atoms with Gasteiger partial charge >= 0.3 is 5.97 Å². The Morgan fingerprint density at radius 1 is 1.33 bits per heavy atom. The molecule has 0 spiro atoms. The second kappa shape index (κ2) is 6.13. The number of piperidine rings is 1. The Morgan fingerprint density at radius 2 is 2.10 bits per heavy atom. The van der Waals surface area contributed by atoms with Gasteiger partial charge in [0.15, 0.2) is 4.67 Å². The first-order chi connectivity index (χ1) is 10.1. The van der Waals surface area contributed by atoms with Gasteiger partial charge in [-0.1, -0.05) is 12.8 Å². The molecule has 2 aliphatic rings. The summed E-state index contributed by atoms with van der Waals surface area (Å²) in [6.45, 7) is 2.07. The van der Waals surface area contributed by atoms with Gasteiger partial charge in [0.25, 0.3) is 0 Å². The van der Waals surface area contributed by atoms with Crippen LogP contribution >= 0.6 is 15.9 Å². The minimum Gasteiger partial charge on any atom is -0.480 e. The predicted octanol–water partition coefficient (Wildman–Crippen LogP) is 4.21. The van der Waals surface area contributed by atoms with E-state index in [1.165, 1.54) is 19.3 Å². The summed E-state index contributed by atoms with van der Waals surface area (Å²) in [7, 11) is 0. The van der Waals surface area contributed by atoms with E-state index in [-0.39, 0.29) is 12.1 Å². The lowest BCUT2D eigenvalue weighted by molar-refractivity contribution is -0.150. The maximum absolute atomic E-state index is 11.7. The van der Waals surface area contributed by atoms with Crippen LogP contribution in [-0.4, -0.2) is 28.1 Å². The topological polar surface area (TPSA) is 53.7 Å². The zero-order chi connectivity index (χ0) is 15.0. The first kappa shape index (κ1) is 15.1. The summed E-state index contributed by atoms with van der Waals surface area (Å²) in [6, 6.07) is 3.82. The van der Waals surface area contributed by atoms with E-state index in [2.05, 4.69) is 27.8 Å². The van der Waals surface area contributed by atoms with Gasteiger partial charge in [0, 0.05) is 6.04 Å². The Kier molecular flexibility index (Phi) is 4.41. The van der Waals surface area contributed by atoms with E-state index in [9.17, 15) is 9.90 Å². The number of hydrogen-bond donors (Lipinski definition) is 1. The summed E-state index contributed by atoms with van der Waals surface area (Å²) in [5, 5.41) is 9.62. The minimum atomic E-state index is -0.698. The fourth-order valence-corrected chi connectivity index (χ4v) is 4.50. The number of carboxylic acids is 1. The summed E-state index contributed by atoms with van der Waals surface area (Å²) in [6.07, 6.45) is 6.64. The van der Waals surface area contributed by atoms with E-state index >= 15 is 0 Å². The second-order valence-corrected chi connectivity index (χ2v) is 7.09. The van der Waals surface area contributed by atoms with E-state index in [1.807, 2.05) is 12.1 Å². The number of furan rings is 1. The standard InChI is InChI=1S/C16H22BrNO3/c1-10(14-8-9-15(17)21-14)18-12-5-3-2-4-11(12)6-7-13(18)16(19)20/h8-13H,2-7H2,1H3,(H,19,20).